The van der Waals surface area contributed by atoms with Crippen molar-refractivity contribution in [2.75, 3.05) is 5.32 Å². The molecule has 0 aliphatic carbocycles. The molecule has 0 aromatic heterocycles. The zero-order valence-electron chi connectivity index (χ0n) is 16.7. The molecule has 1 aromatic rings. The number of anilines is 1. The molecular formula is C20H30Cl3N3OS. The molecule has 8 heteroatoms. The number of carbonyl (C=O) groups excluding carboxylic acids is 1. The predicted octanol–water partition coefficient (Wildman–Crippen LogP) is 6.15. The Morgan fingerprint density at radius 3 is 2.32 bits per heavy atom. The van der Waals surface area contributed by atoms with Crippen molar-refractivity contribution in [3.05, 3.63) is 29.3 Å². The summed E-state index contributed by atoms with van der Waals surface area (Å²) in [5, 5.41) is 8.96. The Hall–Kier alpha value is -0.750. The quantitative estimate of drug-likeness (QED) is 0.167. The SMILES string of the molecule is CCCCCCCCC(=O)NC(NC(=S)Nc1ccc(C)cc1C)C(Cl)(Cl)Cl. The summed E-state index contributed by atoms with van der Waals surface area (Å²) >= 11 is 23.4. The van der Waals surface area contributed by atoms with Gasteiger partial charge in [-0.15, -0.1) is 0 Å². The second-order valence-electron chi connectivity index (χ2n) is 6.98. The van der Waals surface area contributed by atoms with Crippen molar-refractivity contribution < 1.29 is 4.79 Å². The van der Waals surface area contributed by atoms with Crippen LogP contribution in [0.4, 0.5) is 5.69 Å². The Kier molecular flexibility index (Phi) is 11.5. The fourth-order valence-electron chi connectivity index (χ4n) is 2.74. The van der Waals surface area contributed by atoms with Gasteiger partial charge in [0.05, 0.1) is 0 Å². The van der Waals surface area contributed by atoms with E-state index in [9.17, 15) is 4.79 Å². The van der Waals surface area contributed by atoms with Gasteiger partial charge in [-0.05, 0) is 44.1 Å². The molecule has 1 unspecified atom stereocenters. The van der Waals surface area contributed by atoms with Crippen molar-refractivity contribution in [3.63, 3.8) is 0 Å². The summed E-state index contributed by atoms with van der Waals surface area (Å²) in [6, 6.07) is 5.95. The van der Waals surface area contributed by atoms with E-state index >= 15 is 0 Å². The lowest BCUT2D eigenvalue weighted by atomic mass is 10.1. The van der Waals surface area contributed by atoms with Gasteiger partial charge in [0.15, 0.2) is 5.11 Å². The molecule has 1 rings (SSSR count). The standard InChI is InChI=1S/C20H30Cl3N3OS/c1-4-5-6-7-8-9-10-17(27)25-18(20(21,22)23)26-19(28)24-16-12-11-14(2)13-15(16)3/h11-13,18H,4-10H2,1-3H3,(H,25,27)(H2,24,26,28). The molecule has 0 aliphatic heterocycles. The van der Waals surface area contributed by atoms with Gasteiger partial charge in [0.1, 0.15) is 6.17 Å². The van der Waals surface area contributed by atoms with E-state index < -0.39 is 9.96 Å². The lowest BCUT2D eigenvalue weighted by Crippen LogP contribution is -2.56. The van der Waals surface area contributed by atoms with Crippen LogP contribution in [0.5, 0.6) is 0 Å². The minimum atomic E-state index is -1.75. The van der Waals surface area contributed by atoms with Crippen LogP contribution in [0.25, 0.3) is 0 Å². The van der Waals surface area contributed by atoms with Crippen molar-refractivity contribution in [2.45, 2.75) is 75.7 Å². The van der Waals surface area contributed by atoms with Crippen molar-refractivity contribution >= 4 is 63.7 Å². The first kappa shape index (κ1) is 25.3. The zero-order chi connectivity index (χ0) is 21.2. The van der Waals surface area contributed by atoms with E-state index in [2.05, 4.69) is 22.9 Å². The van der Waals surface area contributed by atoms with Crippen LogP contribution in [0.1, 0.15) is 63.0 Å². The first-order valence-electron chi connectivity index (χ1n) is 9.64. The monoisotopic (exact) mass is 465 g/mol. The van der Waals surface area contributed by atoms with Crippen LogP contribution >= 0.6 is 47.0 Å². The van der Waals surface area contributed by atoms with Crippen LogP contribution in [0, 0.1) is 13.8 Å². The minimum Gasteiger partial charge on any atom is -0.339 e. The van der Waals surface area contributed by atoms with Crippen LogP contribution < -0.4 is 16.0 Å². The largest absolute Gasteiger partial charge is 0.339 e. The third-order valence-corrected chi connectivity index (χ3v) is 5.17. The Morgan fingerprint density at radius 1 is 1.07 bits per heavy atom. The average Bonchev–Trinajstić information content (AvgIpc) is 2.59. The first-order valence-corrected chi connectivity index (χ1v) is 11.2. The molecular weight excluding hydrogens is 437 g/mol. The van der Waals surface area contributed by atoms with Gasteiger partial charge >= 0.3 is 0 Å². The number of benzene rings is 1. The Balaban J connectivity index is 2.53. The summed E-state index contributed by atoms with van der Waals surface area (Å²) in [5.74, 6) is -0.173. The molecule has 0 heterocycles. The van der Waals surface area contributed by atoms with E-state index in [-0.39, 0.29) is 11.0 Å². The van der Waals surface area contributed by atoms with E-state index in [4.69, 9.17) is 47.0 Å². The summed E-state index contributed by atoms with van der Waals surface area (Å²) in [7, 11) is 0. The van der Waals surface area contributed by atoms with Crippen molar-refractivity contribution in [1.29, 1.82) is 0 Å². The lowest BCUT2D eigenvalue weighted by Gasteiger charge is -2.28. The van der Waals surface area contributed by atoms with Crippen LogP contribution in [0.3, 0.4) is 0 Å². The van der Waals surface area contributed by atoms with E-state index in [1.165, 1.54) is 19.3 Å². The highest BCUT2D eigenvalue weighted by molar-refractivity contribution is 7.80. The van der Waals surface area contributed by atoms with Gasteiger partial charge in [-0.25, -0.2) is 0 Å². The van der Waals surface area contributed by atoms with E-state index in [0.29, 0.717) is 6.42 Å². The lowest BCUT2D eigenvalue weighted by molar-refractivity contribution is -0.122. The van der Waals surface area contributed by atoms with Gasteiger partial charge in [-0.1, -0.05) is 91.5 Å². The molecule has 0 radical (unpaired) electrons. The highest BCUT2D eigenvalue weighted by Gasteiger charge is 2.34. The number of rotatable bonds is 10. The van der Waals surface area contributed by atoms with E-state index in [1.807, 2.05) is 32.0 Å². The number of alkyl halides is 3. The molecule has 1 amide bonds. The number of aryl methyl sites for hydroxylation is 2. The maximum absolute atomic E-state index is 12.2. The number of unbranched alkanes of at least 4 members (excludes halogenated alkanes) is 5. The molecule has 0 aliphatic rings. The van der Waals surface area contributed by atoms with Crippen molar-refractivity contribution in [2.24, 2.45) is 0 Å². The molecule has 0 saturated carbocycles. The number of hydrogen-bond acceptors (Lipinski definition) is 2. The third-order valence-electron chi connectivity index (χ3n) is 4.30. The fraction of sp³-hybridized carbons (Fsp3) is 0.600. The number of halogens is 3. The molecule has 0 bridgehead atoms. The van der Waals surface area contributed by atoms with Gasteiger partial charge in [-0.3, -0.25) is 4.79 Å². The van der Waals surface area contributed by atoms with Gasteiger partial charge in [0.25, 0.3) is 0 Å². The topological polar surface area (TPSA) is 53.2 Å². The van der Waals surface area contributed by atoms with Crippen LogP contribution in [-0.4, -0.2) is 21.0 Å². The summed E-state index contributed by atoms with van der Waals surface area (Å²) in [5.41, 5.74) is 3.05. The molecule has 3 N–H and O–H groups in total. The summed E-state index contributed by atoms with van der Waals surface area (Å²) in [6.07, 6.45) is 6.06. The minimum absolute atomic E-state index is 0.173. The Bertz CT molecular complexity index is 650. The van der Waals surface area contributed by atoms with E-state index in [1.54, 1.807) is 0 Å². The summed E-state index contributed by atoms with van der Waals surface area (Å²) in [6.45, 7) is 6.18. The molecule has 1 atom stereocenters. The summed E-state index contributed by atoms with van der Waals surface area (Å²) < 4.78 is -1.75. The number of thiocarbonyl (C=S) groups is 1. The van der Waals surface area contributed by atoms with Gasteiger partial charge < -0.3 is 16.0 Å². The highest BCUT2D eigenvalue weighted by Crippen LogP contribution is 2.29. The third kappa shape index (κ3) is 10.1. The molecule has 28 heavy (non-hydrogen) atoms. The molecule has 158 valence electrons. The second kappa shape index (κ2) is 12.7. The highest BCUT2D eigenvalue weighted by atomic mass is 35.6. The molecule has 0 spiro atoms. The molecule has 0 saturated heterocycles. The maximum atomic E-state index is 12.2. The van der Waals surface area contributed by atoms with Crippen LogP contribution in [-0.2, 0) is 4.79 Å². The van der Waals surface area contributed by atoms with Crippen LogP contribution in [0.15, 0.2) is 18.2 Å². The molecule has 0 fully saturated rings. The normalized spacial score (nSPS) is 12.4. The summed E-state index contributed by atoms with van der Waals surface area (Å²) in [4.78, 5) is 12.2. The van der Waals surface area contributed by atoms with Gasteiger partial charge in [0, 0.05) is 12.1 Å². The Labute approximate surface area is 189 Å². The van der Waals surface area contributed by atoms with Crippen LogP contribution in [0.2, 0.25) is 0 Å². The predicted molar refractivity (Wildman–Crippen MR) is 125 cm³/mol. The van der Waals surface area contributed by atoms with E-state index in [0.717, 1.165) is 36.1 Å². The first-order chi connectivity index (χ1) is 13.1. The van der Waals surface area contributed by atoms with Gasteiger partial charge in [0.2, 0.25) is 9.70 Å². The number of amides is 1. The zero-order valence-corrected chi connectivity index (χ0v) is 19.8. The second-order valence-corrected chi connectivity index (χ2v) is 9.75. The average molecular weight is 467 g/mol. The fourth-order valence-corrected chi connectivity index (χ4v) is 3.30. The van der Waals surface area contributed by atoms with Crippen molar-refractivity contribution in [1.82, 2.24) is 10.6 Å². The maximum Gasteiger partial charge on any atom is 0.228 e. The number of carbonyl (C=O) groups is 1. The smallest absolute Gasteiger partial charge is 0.228 e. The molecule has 4 nitrogen and oxygen atoms in total. The molecule has 1 aromatic carbocycles. The van der Waals surface area contributed by atoms with Crippen molar-refractivity contribution in [3.8, 4) is 0 Å². The number of nitrogens with one attached hydrogen (secondary N) is 3. The van der Waals surface area contributed by atoms with Gasteiger partial charge in [-0.2, -0.15) is 0 Å². The number of hydrogen-bond donors (Lipinski definition) is 3. The Morgan fingerprint density at radius 2 is 1.71 bits per heavy atom.